The number of thiocarbonyl (C=S) groups is 1. The van der Waals surface area contributed by atoms with E-state index in [9.17, 15) is 0 Å². The molecule has 0 spiro atoms. The van der Waals surface area contributed by atoms with Crippen molar-refractivity contribution in [3.05, 3.63) is 24.0 Å². The van der Waals surface area contributed by atoms with E-state index in [0.29, 0.717) is 0 Å². The average Bonchev–Trinajstić information content (AvgIpc) is 1.97. The van der Waals surface area contributed by atoms with Crippen molar-refractivity contribution in [2.24, 2.45) is 0 Å². The molecule has 0 aromatic rings. The predicted molar refractivity (Wildman–Crippen MR) is 51.0 cm³/mol. The Labute approximate surface area is 72.6 Å². The van der Waals surface area contributed by atoms with E-state index < -0.39 is 0 Å². The van der Waals surface area contributed by atoms with Crippen molar-refractivity contribution in [3.8, 4) is 0 Å². The molecule has 0 amide bonds. The minimum atomic E-state index is 0.739. The van der Waals surface area contributed by atoms with E-state index in [1.165, 1.54) is 0 Å². The molecule has 0 bridgehead atoms. The molecule has 11 heavy (non-hydrogen) atoms. The summed E-state index contributed by atoms with van der Waals surface area (Å²) in [6, 6.07) is 0. The highest BCUT2D eigenvalue weighted by atomic mass is 32.1. The van der Waals surface area contributed by atoms with Gasteiger partial charge in [0.05, 0.1) is 0 Å². The van der Waals surface area contributed by atoms with Gasteiger partial charge in [-0.25, -0.2) is 0 Å². The molecule has 0 saturated heterocycles. The topological polar surface area (TPSA) is 15.3 Å². The van der Waals surface area contributed by atoms with Gasteiger partial charge < -0.3 is 10.2 Å². The predicted octanol–water partition coefficient (Wildman–Crippen LogP) is 1.61. The van der Waals surface area contributed by atoms with E-state index in [0.717, 1.165) is 22.9 Å². The molecule has 0 radical (unpaired) electrons. The van der Waals surface area contributed by atoms with Crippen molar-refractivity contribution in [1.82, 2.24) is 10.2 Å². The largest absolute Gasteiger partial charge is 0.333 e. The van der Waals surface area contributed by atoms with Gasteiger partial charge in [0.15, 0.2) is 5.11 Å². The van der Waals surface area contributed by atoms with Crippen molar-refractivity contribution in [1.29, 1.82) is 0 Å². The van der Waals surface area contributed by atoms with Crippen molar-refractivity contribution >= 4 is 17.3 Å². The maximum Gasteiger partial charge on any atom is 0.177 e. The zero-order valence-electron chi connectivity index (χ0n) is 6.85. The third-order valence-electron chi connectivity index (χ3n) is 1.68. The van der Waals surface area contributed by atoms with Crippen LogP contribution in [0.3, 0.4) is 0 Å². The van der Waals surface area contributed by atoms with E-state index in [1.54, 1.807) is 0 Å². The molecule has 60 valence electrons. The quantitative estimate of drug-likeness (QED) is 0.599. The van der Waals surface area contributed by atoms with Gasteiger partial charge in [0.1, 0.15) is 0 Å². The van der Waals surface area contributed by atoms with Crippen molar-refractivity contribution in [3.63, 3.8) is 0 Å². The number of hydrogen-bond donors (Lipinski definition) is 1. The molecular weight excluding hydrogens is 156 g/mol. The summed E-state index contributed by atoms with van der Waals surface area (Å²) in [6.45, 7) is 8.80. The van der Waals surface area contributed by atoms with Crippen molar-refractivity contribution in [2.75, 3.05) is 6.54 Å². The second-order valence-electron chi connectivity index (χ2n) is 2.51. The Hall–Kier alpha value is -0.830. The Kier molecular flexibility index (Phi) is 2.29. The molecule has 1 aliphatic heterocycles. The summed E-state index contributed by atoms with van der Waals surface area (Å²) in [5.41, 5.74) is 2.04. The molecule has 1 rings (SSSR count). The molecule has 0 unspecified atom stereocenters. The van der Waals surface area contributed by atoms with Crippen LogP contribution in [0.1, 0.15) is 13.8 Å². The molecule has 0 fully saturated rings. The van der Waals surface area contributed by atoms with Gasteiger partial charge in [-0.3, -0.25) is 0 Å². The number of rotatable bonds is 1. The first-order chi connectivity index (χ1) is 5.15. The van der Waals surface area contributed by atoms with Gasteiger partial charge >= 0.3 is 0 Å². The second-order valence-corrected chi connectivity index (χ2v) is 2.89. The van der Waals surface area contributed by atoms with E-state index in [4.69, 9.17) is 12.2 Å². The molecule has 3 heteroatoms. The van der Waals surface area contributed by atoms with Crippen LogP contribution in [0.15, 0.2) is 24.0 Å². The van der Waals surface area contributed by atoms with Gasteiger partial charge in [-0.1, -0.05) is 6.58 Å². The second kappa shape index (κ2) is 3.05. The Morgan fingerprint density at radius 1 is 1.73 bits per heavy atom. The minimum absolute atomic E-state index is 0.739. The van der Waals surface area contributed by atoms with Gasteiger partial charge in [0, 0.05) is 18.4 Å². The zero-order valence-corrected chi connectivity index (χ0v) is 7.66. The fourth-order valence-corrected chi connectivity index (χ4v) is 1.21. The van der Waals surface area contributed by atoms with Gasteiger partial charge in [-0.2, -0.15) is 0 Å². The summed E-state index contributed by atoms with van der Waals surface area (Å²) in [4.78, 5) is 1.99. The first-order valence-corrected chi connectivity index (χ1v) is 4.01. The third-order valence-corrected chi connectivity index (χ3v) is 2.02. The third kappa shape index (κ3) is 1.60. The van der Waals surface area contributed by atoms with Gasteiger partial charge in [0.25, 0.3) is 0 Å². The number of nitrogens with one attached hydrogen (secondary N) is 1. The van der Waals surface area contributed by atoms with Gasteiger partial charge in [0.2, 0.25) is 0 Å². The summed E-state index contributed by atoms with van der Waals surface area (Å²) in [7, 11) is 0. The molecule has 0 saturated carbocycles. The Morgan fingerprint density at radius 2 is 2.36 bits per heavy atom. The molecule has 1 N–H and O–H groups in total. The lowest BCUT2D eigenvalue weighted by Gasteiger charge is -2.27. The fourth-order valence-electron chi connectivity index (χ4n) is 0.905. The molecule has 1 aliphatic rings. The van der Waals surface area contributed by atoms with Crippen LogP contribution in [-0.4, -0.2) is 16.6 Å². The van der Waals surface area contributed by atoms with Crippen LogP contribution in [0.4, 0.5) is 0 Å². The van der Waals surface area contributed by atoms with Crippen LogP contribution in [0.2, 0.25) is 0 Å². The monoisotopic (exact) mass is 168 g/mol. The normalized spacial score (nSPS) is 18.0. The average molecular weight is 168 g/mol. The Bertz CT molecular complexity index is 230. The molecule has 0 aromatic heterocycles. The Balaban J connectivity index is 2.86. The summed E-state index contributed by atoms with van der Waals surface area (Å²) in [6.07, 6.45) is 2.02. The lowest BCUT2D eigenvalue weighted by molar-refractivity contribution is 0.565. The maximum absolute atomic E-state index is 5.07. The van der Waals surface area contributed by atoms with Crippen molar-refractivity contribution in [2.45, 2.75) is 13.8 Å². The highest BCUT2D eigenvalue weighted by Crippen LogP contribution is 2.11. The Morgan fingerprint density at radius 3 is 2.91 bits per heavy atom. The lowest BCUT2D eigenvalue weighted by Crippen LogP contribution is -2.39. The molecular formula is C8H12N2S. The minimum Gasteiger partial charge on any atom is -0.333 e. The highest BCUT2D eigenvalue weighted by Gasteiger charge is 2.12. The molecule has 2 nitrogen and oxygen atoms in total. The van der Waals surface area contributed by atoms with Crippen LogP contribution in [-0.2, 0) is 0 Å². The smallest absolute Gasteiger partial charge is 0.177 e. The van der Waals surface area contributed by atoms with E-state index in [-0.39, 0.29) is 0 Å². The maximum atomic E-state index is 5.07. The standard InChI is InChI=1S/C8H12N2S/c1-4-10-5-6(2)7(3)9-8(10)11/h5H,3-4H2,1-2H3,(H,9,11). The molecule has 0 aromatic carbocycles. The van der Waals surface area contributed by atoms with E-state index in [1.807, 2.05) is 18.0 Å². The highest BCUT2D eigenvalue weighted by molar-refractivity contribution is 7.80. The summed E-state index contributed by atoms with van der Waals surface area (Å²) >= 11 is 5.07. The number of nitrogens with zero attached hydrogens (tertiary/aromatic N) is 1. The number of allylic oxidation sites excluding steroid dienone is 1. The van der Waals surface area contributed by atoms with Crippen LogP contribution >= 0.6 is 12.2 Å². The summed E-state index contributed by atoms with van der Waals surface area (Å²) < 4.78 is 0. The van der Waals surface area contributed by atoms with Crippen LogP contribution in [0.25, 0.3) is 0 Å². The number of hydrogen-bond acceptors (Lipinski definition) is 1. The lowest BCUT2D eigenvalue weighted by atomic mass is 10.2. The fraction of sp³-hybridized carbons (Fsp3) is 0.375. The summed E-state index contributed by atoms with van der Waals surface area (Å²) in [5, 5.41) is 3.76. The van der Waals surface area contributed by atoms with Gasteiger partial charge in [-0.15, -0.1) is 0 Å². The van der Waals surface area contributed by atoms with Crippen LogP contribution in [0.5, 0.6) is 0 Å². The van der Waals surface area contributed by atoms with E-state index >= 15 is 0 Å². The van der Waals surface area contributed by atoms with E-state index in [2.05, 4.69) is 18.8 Å². The first-order valence-electron chi connectivity index (χ1n) is 3.60. The zero-order chi connectivity index (χ0) is 8.43. The van der Waals surface area contributed by atoms with Gasteiger partial charge in [-0.05, 0) is 31.6 Å². The van der Waals surface area contributed by atoms with Crippen LogP contribution < -0.4 is 5.32 Å². The first kappa shape index (κ1) is 8.27. The SMILES string of the molecule is C=C1NC(=S)N(CC)C=C1C. The molecule has 0 aliphatic carbocycles. The summed E-state index contributed by atoms with van der Waals surface area (Å²) in [5.74, 6) is 0. The molecule has 0 atom stereocenters. The van der Waals surface area contributed by atoms with Crippen molar-refractivity contribution < 1.29 is 0 Å². The molecule has 1 heterocycles. The van der Waals surface area contributed by atoms with Crippen LogP contribution in [0, 0.1) is 0 Å².